The summed E-state index contributed by atoms with van der Waals surface area (Å²) in [6.45, 7) is 8.73. The highest BCUT2D eigenvalue weighted by molar-refractivity contribution is 7.89. The molecule has 0 saturated carbocycles. The number of anilines is 2. The molecule has 29 heavy (non-hydrogen) atoms. The summed E-state index contributed by atoms with van der Waals surface area (Å²) in [4.78, 5) is 21.4. The van der Waals surface area contributed by atoms with Gasteiger partial charge in [-0.1, -0.05) is 0 Å². The SMILES string of the molecule is CCN(CC)c1ccc(NC(=O)C2CCN(S(=O)(=O)c3cnc[nH]3)CC2)c(C)c1. The van der Waals surface area contributed by atoms with Gasteiger partial charge >= 0.3 is 0 Å². The van der Waals surface area contributed by atoms with Crippen molar-refractivity contribution in [3.8, 4) is 0 Å². The Balaban J connectivity index is 1.60. The Morgan fingerprint density at radius 3 is 2.52 bits per heavy atom. The number of aromatic amines is 1. The highest BCUT2D eigenvalue weighted by Gasteiger charge is 2.32. The first-order valence-corrected chi connectivity index (χ1v) is 11.5. The van der Waals surface area contributed by atoms with E-state index in [-0.39, 0.29) is 16.9 Å². The molecule has 2 heterocycles. The number of amides is 1. The molecule has 158 valence electrons. The van der Waals surface area contributed by atoms with Gasteiger partial charge in [0.05, 0.1) is 12.5 Å². The largest absolute Gasteiger partial charge is 0.372 e. The van der Waals surface area contributed by atoms with Gasteiger partial charge in [0, 0.05) is 43.5 Å². The van der Waals surface area contributed by atoms with E-state index < -0.39 is 10.0 Å². The molecule has 2 aromatic rings. The fourth-order valence-corrected chi connectivity index (χ4v) is 5.06. The van der Waals surface area contributed by atoms with Crippen molar-refractivity contribution < 1.29 is 13.2 Å². The highest BCUT2D eigenvalue weighted by atomic mass is 32.2. The Labute approximate surface area is 172 Å². The number of nitrogens with one attached hydrogen (secondary N) is 2. The number of benzene rings is 1. The number of rotatable bonds is 7. The molecule has 0 unspecified atom stereocenters. The minimum absolute atomic E-state index is 0.0534. The Morgan fingerprint density at radius 1 is 1.28 bits per heavy atom. The summed E-state index contributed by atoms with van der Waals surface area (Å²) in [5, 5.41) is 3.11. The number of carbonyl (C=O) groups is 1. The summed E-state index contributed by atoms with van der Waals surface area (Å²) in [5.74, 6) is -0.257. The van der Waals surface area contributed by atoms with Gasteiger partial charge in [0.15, 0.2) is 5.03 Å². The van der Waals surface area contributed by atoms with Gasteiger partial charge in [0.2, 0.25) is 5.91 Å². The predicted molar refractivity (Wildman–Crippen MR) is 113 cm³/mol. The molecule has 1 aliphatic heterocycles. The average Bonchev–Trinajstić information content (AvgIpc) is 3.27. The molecule has 0 bridgehead atoms. The van der Waals surface area contributed by atoms with Crippen molar-refractivity contribution in [3.05, 3.63) is 36.3 Å². The van der Waals surface area contributed by atoms with Gasteiger partial charge in [-0.3, -0.25) is 4.79 Å². The van der Waals surface area contributed by atoms with Gasteiger partial charge in [0.25, 0.3) is 10.0 Å². The predicted octanol–water partition coefficient (Wildman–Crippen LogP) is 2.60. The van der Waals surface area contributed by atoms with E-state index in [0.29, 0.717) is 25.9 Å². The number of aryl methyl sites for hydroxylation is 1. The number of H-pyrrole nitrogens is 1. The molecule has 0 spiro atoms. The monoisotopic (exact) mass is 419 g/mol. The average molecular weight is 420 g/mol. The van der Waals surface area contributed by atoms with Crippen molar-refractivity contribution in [1.82, 2.24) is 14.3 Å². The van der Waals surface area contributed by atoms with Crippen LogP contribution in [0.15, 0.2) is 35.7 Å². The number of sulfonamides is 1. The third-order valence-corrected chi connectivity index (χ3v) is 7.34. The number of imidazole rings is 1. The van der Waals surface area contributed by atoms with E-state index >= 15 is 0 Å². The van der Waals surface area contributed by atoms with Gasteiger partial charge in [-0.05, 0) is 57.4 Å². The van der Waals surface area contributed by atoms with Crippen LogP contribution in [0.4, 0.5) is 11.4 Å². The molecule has 0 aliphatic carbocycles. The minimum Gasteiger partial charge on any atom is -0.372 e. The van der Waals surface area contributed by atoms with Gasteiger partial charge in [0.1, 0.15) is 0 Å². The normalized spacial score (nSPS) is 16.0. The van der Waals surface area contributed by atoms with Crippen molar-refractivity contribution in [2.45, 2.75) is 38.6 Å². The molecule has 2 N–H and O–H groups in total. The zero-order valence-electron chi connectivity index (χ0n) is 17.2. The maximum atomic E-state index is 12.7. The summed E-state index contributed by atoms with van der Waals surface area (Å²) in [6.07, 6.45) is 3.64. The van der Waals surface area contributed by atoms with Crippen LogP contribution in [0.1, 0.15) is 32.3 Å². The fourth-order valence-electron chi connectivity index (χ4n) is 3.69. The van der Waals surface area contributed by atoms with Crippen molar-refractivity contribution in [2.24, 2.45) is 5.92 Å². The number of nitrogens with zero attached hydrogens (tertiary/aromatic N) is 3. The molecule has 3 rings (SSSR count). The van der Waals surface area contributed by atoms with Crippen LogP contribution in [0.25, 0.3) is 0 Å². The second-order valence-electron chi connectivity index (χ2n) is 7.25. The Hall–Kier alpha value is -2.39. The van der Waals surface area contributed by atoms with E-state index in [2.05, 4.69) is 40.1 Å². The number of hydrogen-bond donors (Lipinski definition) is 2. The van der Waals surface area contributed by atoms with Gasteiger partial charge in [-0.15, -0.1) is 0 Å². The molecule has 9 heteroatoms. The van der Waals surface area contributed by atoms with E-state index in [9.17, 15) is 13.2 Å². The summed E-state index contributed by atoms with van der Waals surface area (Å²) in [7, 11) is -3.57. The fraction of sp³-hybridized carbons (Fsp3) is 0.500. The molecule has 1 aliphatic rings. The minimum atomic E-state index is -3.57. The summed E-state index contributed by atoms with van der Waals surface area (Å²) < 4.78 is 26.5. The van der Waals surface area contributed by atoms with Gasteiger partial charge in [-0.2, -0.15) is 4.31 Å². The molecular formula is C20H29N5O3S. The van der Waals surface area contributed by atoms with Crippen LogP contribution in [0.2, 0.25) is 0 Å². The lowest BCUT2D eigenvalue weighted by Crippen LogP contribution is -2.41. The van der Waals surface area contributed by atoms with Crippen LogP contribution in [0.3, 0.4) is 0 Å². The molecule has 1 amide bonds. The molecule has 8 nitrogen and oxygen atoms in total. The summed E-state index contributed by atoms with van der Waals surface area (Å²) in [5.41, 5.74) is 2.96. The second kappa shape index (κ2) is 8.96. The van der Waals surface area contributed by atoms with E-state index in [4.69, 9.17) is 0 Å². The molecule has 1 fully saturated rings. The third-order valence-electron chi connectivity index (χ3n) is 5.51. The molecule has 0 radical (unpaired) electrons. The van der Waals surface area contributed by atoms with E-state index in [0.717, 1.165) is 30.0 Å². The van der Waals surface area contributed by atoms with Crippen LogP contribution in [-0.4, -0.2) is 54.8 Å². The van der Waals surface area contributed by atoms with Crippen molar-refractivity contribution in [2.75, 3.05) is 36.4 Å². The van der Waals surface area contributed by atoms with Crippen LogP contribution < -0.4 is 10.2 Å². The highest BCUT2D eigenvalue weighted by Crippen LogP contribution is 2.26. The standard InChI is InChI=1S/C20H29N5O3S/c1-4-24(5-2)17-6-7-18(15(3)12-17)23-20(26)16-8-10-25(11-9-16)29(27,28)19-13-21-14-22-19/h6-7,12-14,16H,4-5,8-11H2,1-3H3,(H,21,22)(H,23,26). The molecule has 1 aromatic heterocycles. The molecule has 1 aromatic carbocycles. The lowest BCUT2D eigenvalue weighted by molar-refractivity contribution is -0.120. The quantitative estimate of drug-likeness (QED) is 0.719. The smallest absolute Gasteiger partial charge is 0.260 e. The Bertz CT molecular complexity index is 931. The summed E-state index contributed by atoms with van der Waals surface area (Å²) in [6, 6.07) is 6.05. The number of carbonyl (C=O) groups excluding carboxylic acids is 1. The maximum absolute atomic E-state index is 12.7. The van der Waals surface area contributed by atoms with Crippen LogP contribution in [-0.2, 0) is 14.8 Å². The van der Waals surface area contributed by atoms with Crippen LogP contribution in [0.5, 0.6) is 0 Å². The lowest BCUT2D eigenvalue weighted by atomic mass is 9.97. The Morgan fingerprint density at radius 2 is 1.97 bits per heavy atom. The first-order valence-electron chi connectivity index (χ1n) is 10.0. The molecule has 1 saturated heterocycles. The van der Waals surface area contributed by atoms with Crippen LogP contribution in [0, 0.1) is 12.8 Å². The van der Waals surface area contributed by atoms with Crippen molar-refractivity contribution in [1.29, 1.82) is 0 Å². The number of aromatic nitrogens is 2. The second-order valence-corrected chi connectivity index (χ2v) is 9.16. The first-order chi connectivity index (χ1) is 13.9. The Kier molecular flexibility index (Phi) is 6.59. The first kappa shape index (κ1) is 21.3. The van der Waals surface area contributed by atoms with Crippen molar-refractivity contribution >= 4 is 27.3 Å². The lowest BCUT2D eigenvalue weighted by Gasteiger charge is -2.30. The van der Waals surface area contributed by atoms with Crippen molar-refractivity contribution in [3.63, 3.8) is 0 Å². The van der Waals surface area contributed by atoms with Crippen LogP contribution >= 0.6 is 0 Å². The number of hydrogen-bond acceptors (Lipinski definition) is 5. The molecular weight excluding hydrogens is 390 g/mol. The maximum Gasteiger partial charge on any atom is 0.260 e. The van der Waals surface area contributed by atoms with Gasteiger partial charge in [-0.25, -0.2) is 13.4 Å². The topological polar surface area (TPSA) is 98.4 Å². The van der Waals surface area contributed by atoms with E-state index in [1.807, 2.05) is 19.1 Å². The molecule has 0 atom stereocenters. The van der Waals surface area contributed by atoms with Gasteiger partial charge < -0.3 is 15.2 Å². The van der Waals surface area contributed by atoms with E-state index in [1.165, 1.54) is 16.8 Å². The summed E-state index contributed by atoms with van der Waals surface area (Å²) >= 11 is 0. The van der Waals surface area contributed by atoms with E-state index in [1.54, 1.807) is 0 Å². The number of piperidine rings is 1. The zero-order chi connectivity index (χ0) is 21.0. The third kappa shape index (κ3) is 4.62. The zero-order valence-corrected chi connectivity index (χ0v) is 18.0.